The van der Waals surface area contributed by atoms with Crippen LogP contribution < -0.4 is 4.90 Å². The number of aromatic nitrogens is 1. The van der Waals surface area contributed by atoms with Gasteiger partial charge in [-0.3, -0.25) is 0 Å². The third kappa shape index (κ3) is 4.03. The maximum atomic E-state index is 6.40. The molecule has 48 heavy (non-hydrogen) atoms. The number of fused-ring (bicyclic) bond motifs is 9. The lowest BCUT2D eigenvalue weighted by Gasteiger charge is -2.28. The first-order valence-corrected chi connectivity index (χ1v) is 17.2. The SMILES string of the molecule is CC1(C)c2ccccc2-c2ccc(N(c3ccc4c(ccc5nc(-c6ccccc6)oc54)c3)c3ccc4sc5ccccc5c4c3)cc21. The first-order valence-electron chi connectivity index (χ1n) is 16.4. The highest BCUT2D eigenvalue weighted by Crippen LogP contribution is 2.51. The van der Waals surface area contributed by atoms with Gasteiger partial charge in [0.2, 0.25) is 5.89 Å². The van der Waals surface area contributed by atoms with E-state index in [1.54, 1.807) is 0 Å². The smallest absolute Gasteiger partial charge is 0.227 e. The molecule has 0 unspecified atom stereocenters. The van der Waals surface area contributed by atoms with E-state index in [9.17, 15) is 0 Å². The fraction of sp³-hybridized carbons (Fsp3) is 0.0682. The Morgan fingerprint density at radius 1 is 0.562 bits per heavy atom. The average Bonchev–Trinajstić information content (AvgIpc) is 3.80. The zero-order valence-electron chi connectivity index (χ0n) is 26.6. The summed E-state index contributed by atoms with van der Waals surface area (Å²) < 4.78 is 9.00. The van der Waals surface area contributed by atoms with E-state index in [4.69, 9.17) is 9.40 Å². The second-order valence-corrected chi connectivity index (χ2v) is 14.3. The molecular formula is C44H30N2OS. The predicted molar refractivity (Wildman–Crippen MR) is 202 cm³/mol. The highest BCUT2D eigenvalue weighted by molar-refractivity contribution is 7.25. The number of hydrogen-bond donors (Lipinski definition) is 0. The van der Waals surface area contributed by atoms with Crippen LogP contribution in [0, 0.1) is 0 Å². The molecule has 3 nitrogen and oxygen atoms in total. The summed E-state index contributed by atoms with van der Waals surface area (Å²) in [4.78, 5) is 7.23. The molecule has 9 aromatic rings. The molecule has 0 amide bonds. The summed E-state index contributed by atoms with van der Waals surface area (Å²) in [7, 11) is 0. The summed E-state index contributed by atoms with van der Waals surface area (Å²) in [5, 5.41) is 4.74. The minimum atomic E-state index is -0.0984. The van der Waals surface area contributed by atoms with Gasteiger partial charge in [-0.05, 0) is 100 Å². The van der Waals surface area contributed by atoms with Gasteiger partial charge >= 0.3 is 0 Å². The van der Waals surface area contributed by atoms with Crippen LogP contribution in [0.25, 0.3) is 64.6 Å². The second-order valence-electron chi connectivity index (χ2n) is 13.2. The van der Waals surface area contributed by atoms with Gasteiger partial charge in [0.25, 0.3) is 0 Å². The molecule has 2 heterocycles. The van der Waals surface area contributed by atoms with Crippen LogP contribution >= 0.6 is 11.3 Å². The maximum Gasteiger partial charge on any atom is 0.227 e. The van der Waals surface area contributed by atoms with E-state index in [2.05, 4.69) is 134 Å². The molecule has 2 aromatic heterocycles. The fourth-order valence-electron chi connectivity index (χ4n) is 7.68. The zero-order valence-corrected chi connectivity index (χ0v) is 27.4. The molecule has 0 bridgehead atoms. The highest BCUT2D eigenvalue weighted by atomic mass is 32.1. The summed E-state index contributed by atoms with van der Waals surface area (Å²) in [5.41, 5.74) is 11.3. The van der Waals surface area contributed by atoms with Crippen molar-refractivity contribution in [3.8, 4) is 22.6 Å². The van der Waals surface area contributed by atoms with Crippen molar-refractivity contribution in [2.24, 2.45) is 0 Å². The van der Waals surface area contributed by atoms with E-state index in [1.165, 1.54) is 42.4 Å². The lowest BCUT2D eigenvalue weighted by molar-refractivity contribution is 0.623. The molecule has 0 saturated heterocycles. The topological polar surface area (TPSA) is 29.3 Å². The Bertz CT molecular complexity index is 2720. The second kappa shape index (κ2) is 10.1. The van der Waals surface area contributed by atoms with Crippen LogP contribution in [-0.2, 0) is 5.41 Å². The van der Waals surface area contributed by atoms with Crippen LogP contribution in [0.1, 0.15) is 25.0 Å². The zero-order chi connectivity index (χ0) is 32.0. The lowest BCUT2D eigenvalue weighted by atomic mass is 9.82. The van der Waals surface area contributed by atoms with Gasteiger partial charge in [-0.25, -0.2) is 4.98 Å². The van der Waals surface area contributed by atoms with E-state index in [0.29, 0.717) is 5.89 Å². The van der Waals surface area contributed by atoms with E-state index < -0.39 is 0 Å². The normalized spacial score (nSPS) is 13.4. The molecular weight excluding hydrogens is 605 g/mol. The van der Waals surface area contributed by atoms with Crippen molar-refractivity contribution in [1.82, 2.24) is 4.98 Å². The van der Waals surface area contributed by atoms with Crippen molar-refractivity contribution in [3.63, 3.8) is 0 Å². The minimum absolute atomic E-state index is 0.0984. The van der Waals surface area contributed by atoms with E-state index in [0.717, 1.165) is 44.5 Å². The number of benzene rings is 7. The molecule has 4 heteroatoms. The number of anilines is 3. The Balaban J connectivity index is 1.17. The van der Waals surface area contributed by atoms with Gasteiger partial charge in [0.15, 0.2) is 5.58 Å². The Morgan fingerprint density at radius 2 is 1.27 bits per heavy atom. The number of hydrogen-bond acceptors (Lipinski definition) is 4. The standard InChI is InChI=1S/C44H30N2OS/c1-44(2)37-14-8-6-12-33(37)34-21-18-31(26-38(34)44)46(30-19-23-41-36(25-30)35-13-7-9-15-40(35)48-41)29-17-20-32-28(24-29)16-22-39-42(32)47-43(45-39)27-10-4-3-5-11-27/h3-26H,1-2H3. The molecule has 0 spiro atoms. The molecule has 0 atom stereocenters. The third-order valence-electron chi connectivity index (χ3n) is 10.1. The van der Waals surface area contributed by atoms with Crippen LogP contribution in [0.15, 0.2) is 150 Å². The molecule has 0 fully saturated rings. The number of nitrogens with zero attached hydrogens (tertiary/aromatic N) is 2. The molecule has 10 rings (SSSR count). The van der Waals surface area contributed by atoms with E-state index in [-0.39, 0.29) is 5.41 Å². The van der Waals surface area contributed by atoms with Gasteiger partial charge < -0.3 is 9.32 Å². The minimum Gasteiger partial charge on any atom is -0.435 e. The van der Waals surface area contributed by atoms with Crippen molar-refractivity contribution in [1.29, 1.82) is 0 Å². The van der Waals surface area contributed by atoms with Crippen molar-refractivity contribution in [2.45, 2.75) is 19.3 Å². The van der Waals surface area contributed by atoms with Crippen LogP contribution in [0.2, 0.25) is 0 Å². The maximum absolute atomic E-state index is 6.40. The number of rotatable bonds is 4. The average molecular weight is 635 g/mol. The van der Waals surface area contributed by atoms with Gasteiger partial charge in [0.1, 0.15) is 5.52 Å². The summed E-state index contributed by atoms with van der Waals surface area (Å²) in [5.74, 6) is 0.641. The Hall–Kier alpha value is -5.71. The molecule has 1 aliphatic rings. The predicted octanol–water partition coefficient (Wildman–Crippen LogP) is 12.8. The van der Waals surface area contributed by atoms with Crippen molar-refractivity contribution in [2.75, 3.05) is 4.90 Å². The number of thiophene rings is 1. The van der Waals surface area contributed by atoms with Crippen LogP contribution in [0.4, 0.5) is 17.1 Å². The molecule has 0 aliphatic heterocycles. The first-order chi connectivity index (χ1) is 23.5. The summed E-state index contributed by atoms with van der Waals surface area (Å²) in [6.45, 7) is 4.69. The highest BCUT2D eigenvalue weighted by Gasteiger charge is 2.35. The largest absolute Gasteiger partial charge is 0.435 e. The fourth-order valence-corrected chi connectivity index (χ4v) is 8.76. The molecule has 0 saturated carbocycles. The van der Waals surface area contributed by atoms with E-state index >= 15 is 0 Å². The number of oxazole rings is 1. The van der Waals surface area contributed by atoms with Gasteiger partial charge in [0, 0.05) is 53.6 Å². The van der Waals surface area contributed by atoms with Crippen molar-refractivity contribution < 1.29 is 4.42 Å². The van der Waals surface area contributed by atoms with Crippen LogP contribution in [0.5, 0.6) is 0 Å². The Morgan fingerprint density at radius 3 is 2.19 bits per heavy atom. The van der Waals surface area contributed by atoms with E-state index in [1.807, 2.05) is 41.7 Å². The summed E-state index contributed by atoms with van der Waals surface area (Å²) in [6, 6.07) is 52.5. The molecule has 0 N–H and O–H groups in total. The van der Waals surface area contributed by atoms with Crippen molar-refractivity contribution in [3.05, 3.63) is 157 Å². The van der Waals surface area contributed by atoms with Crippen LogP contribution in [0.3, 0.4) is 0 Å². The van der Waals surface area contributed by atoms with Gasteiger partial charge in [-0.1, -0.05) is 86.6 Å². The Labute approximate surface area is 282 Å². The van der Waals surface area contributed by atoms with Crippen molar-refractivity contribution >= 4 is 70.4 Å². The quantitative estimate of drug-likeness (QED) is 0.193. The summed E-state index contributed by atoms with van der Waals surface area (Å²) >= 11 is 1.85. The first kappa shape index (κ1) is 27.4. The van der Waals surface area contributed by atoms with Gasteiger partial charge in [-0.2, -0.15) is 0 Å². The Kier molecular flexibility index (Phi) is 5.79. The molecule has 228 valence electrons. The monoisotopic (exact) mass is 634 g/mol. The van der Waals surface area contributed by atoms with Crippen LogP contribution in [-0.4, -0.2) is 4.98 Å². The summed E-state index contributed by atoms with van der Waals surface area (Å²) in [6.07, 6.45) is 0. The van der Waals surface area contributed by atoms with Gasteiger partial charge in [-0.15, -0.1) is 11.3 Å². The molecule has 0 radical (unpaired) electrons. The lowest BCUT2D eigenvalue weighted by Crippen LogP contribution is -2.16. The molecule has 1 aliphatic carbocycles. The molecule has 7 aromatic carbocycles. The van der Waals surface area contributed by atoms with Gasteiger partial charge in [0.05, 0.1) is 0 Å². The third-order valence-corrected chi connectivity index (χ3v) is 11.2.